The average Bonchev–Trinajstić information content (AvgIpc) is 2.62. The van der Waals surface area contributed by atoms with Gasteiger partial charge in [0.1, 0.15) is 5.82 Å². The number of carbonyl (C=O) groups excluding carboxylic acids is 1. The molecule has 3 rings (SSSR count). The second-order valence-corrected chi connectivity index (χ2v) is 6.43. The summed E-state index contributed by atoms with van der Waals surface area (Å²) < 4.78 is 19.3. The van der Waals surface area contributed by atoms with Gasteiger partial charge in [-0.15, -0.1) is 0 Å². The Morgan fingerprint density at radius 1 is 1.31 bits per heavy atom. The van der Waals surface area contributed by atoms with Gasteiger partial charge in [-0.2, -0.15) is 0 Å². The predicted molar refractivity (Wildman–Crippen MR) is 93.4 cm³/mol. The van der Waals surface area contributed by atoms with Crippen LogP contribution in [-0.2, 0) is 20.7 Å². The number of fused-ring (bicyclic) bond motifs is 1. The van der Waals surface area contributed by atoms with Crippen molar-refractivity contribution in [2.24, 2.45) is 0 Å². The molecule has 0 spiro atoms. The van der Waals surface area contributed by atoms with Crippen molar-refractivity contribution < 1.29 is 23.8 Å². The van der Waals surface area contributed by atoms with Crippen LogP contribution in [0.2, 0.25) is 5.02 Å². The highest BCUT2D eigenvalue weighted by atomic mass is 35.5. The number of hydrogen-bond donors (Lipinski definition) is 2. The molecule has 0 aliphatic carbocycles. The molecule has 1 heterocycles. The molecule has 0 radical (unpaired) electrons. The molecule has 5 nitrogen and oxygen atoms in total. The van der Waals surface area contributed by atoms with E-state index in [2.05, 4.69) is 5.32 Å². The second-order valence-electron chi connectivity index (χ2n) is 6.02. The Bertz CT molecular complexity index is 842. The molecule has 0 saturated heterocycles. The highest BCUT2D eigenvalue weighted by molar-refractivity contribution is 6.30. The topological polar surface area (TPSA) is 75.6 Å². The lowest BCUT2D eigenvalue weighted by Crippen LogP contribution is -2.35. The highest BCUT2D eigenvalue weighted by Crippen LogP contribution is 2.30. The number of amides is 1. The van der Waals surface area contributed by atoms with Crippen molar-refractivity contribution in [2.75, 3.05) is 6.61 Å². The number of carbonyl (C=O) groups is 2. The van der Waals surface area contributed by atoms with Crippen LogP contribution < -0.4 is 5.32 Å². The van der Waals surface area contributed by atoms with E-state index >= 15 is 0 Å². The van der Waals surface area contributed by atoms with Crippen LogP contribution in [0, 0.1) is 5.82 Å². The molecule has 0 saturated carbocycles. The zero-order valence-electron chi connectivity index (χ0n) is 13.7. The lowest BCUT2D eigenvalue weighted by Gasteiger charge is -2.26. The van der Waals surface area contributed by atoms with Crippen molar-refractivity contribution in [3.63, 3.8) is 0 Å². The number of aliphatic carboxylic acids is 1. The molecule has 2 atom stereocenters. The molecule has 2 aromatic rings. The number of benzene rings is 2. The Labute approximate surface area is 154 Å². The maximum atomic E-state index is 13.6. The summed E-state index contributed by atoms with van der Waals surface area (Å²) in [7, 11) is 0. The second kappa shape index (κ2) is 7.85. The summed E-state index contributed by atoms with van der Waals surface area (Å²) in [5.41, 5.74) is 2.15. The van der Waals surface area contributed by atoms with Crippen molar-refractivity contribution in [1.29, 1.82) is 0 Å². The van der Waals surface area contributed by atoms with Crippen molar-refractivity contribution in [2.45, 2.75) is 25.0 Å². The van der Waals surface area contributed by atoms with Crippen molar-refractivity contribution in [3.05, 3.63) is 70.0 Å². The summed E-state index contributed by atoms with van der Waals surface area (Å²) >= 11 is 5.62. The third-order valence-electron chi connectivity index (χ3n) is 4.29. The van der Waals surface area contributed by atoms with Crippen molar-refractivity contribution >= 4 is 23.5 Å². The first-order chi connectivity index (χ1) is 12.5. The first kappa shape index (κ1) is 18.4. The summed E-state index contributed by atoms with van der Waals surface area (Å²) in [4.78, 5) is 23.9. The number of carboxylic acid groups (broad SMARTS) is 1. The van der Waals surface area contributed by atoms with Gasteiger partial charge in [0, 0.05) is 0 Å². The molecule has 136 valence electrons. The van der Waals surface area contributed by atoms with E-state index in [1.165, 1.54) is 12.1 Å². The Hall–Kier alpha value is -2.44. The summed E-state index contributed by atoms with van der Waals surface area (Å²) in [6.45, 7) is 0.500. The van der Waals surface area contributed by atoms with Gasteiger partial charge in [-0.3, -0.25) is 4.79 Å². The predicted octanol–water partition coefficient (Wildman–Crippen LogP) is 3.43. The van der Waals surface area contributed by atoms with Crippen molar-refractivity contribution in [3.8, 4) is 0 Å². The van der Waals surface area contributed by atoms with Crippen LogP contribution in [0.3, 0.4) is 0 Å². The normalized spacial score (nSPS) is 17.2. The molecule has 0 fully saturated rings. The number of carboxylic acids is 1. The lowest BCUT2D eigenvalue weighted by molar-refractivity contribution is -0.142. The van der Waals surface area contributed by atoms with E-state index in [0.717, 1.165) is 23.6 Å². The van der Waals surface area contributed by atoms with E-state index in [1.54, 1.807) is 0 Å². The van der Waals surface area contributed by atoms with Crippen LogP contribution in [0.4, 0.5) is 4.39 Å². The van der Waals surface area contributed by atoms with Crippen LogP contribution in [0.1, 0.15) is 35.3 Å². The minimum Gasteiger partial charge on any atom is -0.479 e. The largest absolute Gasteiger partial charge is 0.479 e. The molecule has 1 aliphatic heterocycles. The number of nitrogens with one attached hydrogen (secondary N) is 1. The molecule has 7 heteroatoms. The summed E-state index contributed by atoms with van der Waals surface area (Å²) in [6, 6.07) is 9.95. The minimum absolute atomic E-state index is 0.0170. The molecule has 1 aliphatic rings. The standard InChI is InChI=1S/C19H17ClFNO4/c20-14-6-5-12(9-15(14)21)18(19(24)25)22-17(23)10-16-13-4-2-1-3-11(13)7-8-26-16/h1-6,9,16,18H,7-8,10H2,(H,22,23)(H,24,25). The van der Waals surface area contributed by atoms with Gasteiger partial charge in [0.2, 0.25) is 5.91 Å². The molecule has 2 unspecified atom stereocenters. The summed E-state index contributed by atoms with van der Waals surface area (Å²) in [6.07, 6.45) is 0.323. The quantitative estimate of drug-likeness (QED) is 0.837. The number of halogens is 2. The molecule has 0 aromatic heterocycles. The fourth-order valence-electron chi connectivity index (χ4n) is 3.01. The highest BCUT2D eigenvalue weighted by Gasteiger charge is 2.27. The van der Waals surface area contributed by atoms with E-state index in [0.29, 0.717) is 6.61 Å². The van der Waals surface area contributed by atoms with Gasteiger partial charge < -0.3 is 15.2 Å². The van der Waals surface area contributed by atoms with Crippen LogP contribution in [-0.4, -0.2) is 23.6 Å². The molecular formula is C19H17ClFNO4. The van der Waals surface area contributed by atoms with Gasteiger partial charge in [-0.25, -0.2) is 9.18 Å². The van der Waals surface area contributed by atoms with Crippen LogP contribution in [0.15, 0.2) is 42.5 Å². The van der Waals surface area contributed by atoms with E-state index in [-0.39, 0.29) is 17.0 Å². The SMILES string of the molecule is O=C(CC1OCCc2ccccc21)NC(C(=O)O)c1ccc(Cl)c(F)c1. The number of hydrogen-bond acceptors (Lipinski definition) is 3. The first-order valence-corrected chi connectivity index (χ1v) is 8.50. The van der Waals surface area contributed by atoms with E-state index in [4.69, 9.17) is 16.3 Å². The fourth-order valence-corrected chi connectivity index (χ4v) is 3.13. The summed E-state index contributed by atoms with van der Waals surface area (Å²) in [5.74, 6) is -2.52. The fraction of sp³-hybridized carbons (Fsp3) is 0.263. The molecule has 0 bridgehead atoms. The Kier molecular flexibility index (Phi) is 5.54. The van der Waals surface area contributed by atoms with E-state index in [9.17, 15) is 19.1 Å². The summed E-state index contributed by atoms with van der Waals surface area (Å²) in [5, 5.41) is 11.7. The van der Waals surface area contributed by atoms with Gasteiger partial charge in [-0.05, 0) is 35.2 Å². The molecule has 1 amide bonds. The molecule has 2 aromatic carbocycles. The molecular weight excluding hydrogens is 361 g/mol. The minimum atomic E-state index is -1.37. The number of rotatable bonds is 5. The maximum absolute atomic E-state index is 13.6. The Morgan fingerprint density at radius 3 is 2.81 bits per heavy atom. The number of ether oxygens (including phenoxy) is 1. The monoisotopic (exact) mass is 377 g/mol. The van der Waals surface area contributed by atoms with Gasteiger partial charge in [0.25, 0.3) is 0 Å². The zero-order chi connectivity index (χ0) is 18.7. The van der Waals surface area contributed by atoms with Crippen LogP contribution >= 0.6 is 11.6 Å². The van der Waals surface area contributed by atoms with Crippen LogP contribution in [0.5, 0.6) is 0 Å². The maximum Gasteiger partial charge on any atom is 0.330 e. The van der Waals surface area contributed by atoms with Gasteiger partial charge in [-0.1, -0.05) is 41.9 Å². The van der Waals surface area contributed by atoms with Crippen LogP contribution in [0.25, 0.3) is 0 Å². The molecule has 26 heavy (non-hydrogen) atoms. The molecule has 2 N–H and O–H groups in total. The first-order valence-electron chi connectivity index (χ1n) is 8.12. The smallest absolute Gasteiger partial charge is 0.330 e. The average molecular weight is 378 g/mol. The Morgan fingerprint density at radius 2 is 2.08 bits per heavy atom. The van der Waals surface area contributed by atoms with Gasteiger partial charge in [0.05, 0.1) is 24.2 Å². The van der Waals surface area contributed by atoms with E-state index in [1.807, 2.05) is 24.3 Å². The van der Waals surface area contributed by atoms with E-state index < -0.39 is 29.8 Å². The van der Waals surface area contributed by atoms with Gasteiger partial charge in [0.15, 0.2) is 6.04 Å². The van der Waals surface area contributed by atoms with Gasteiger partial charge >= 0.3 is 5.97 Å². The third-order valence-corrected chi connectivity index (χ3v) is 4.60. The Balaban J connectivity index is 1.73. The lowest BCUT2D eigenvalue weighted by atomic mass is 9.95. The van der Waals surface area contributed by atoms with Crippen molar-refractivity contribution in [1.82, 2.24) is 5.32 Å². The third kappa shape index (κ3) is 4.03. The zero-order valence-corrected chi connectivity index (χ0v) is 14.5.